The maximum absolute atomic E-state index is 13.6. The molecule has 5 aromatic carbocycles. The number of phenols is 2. The van der Waals surface area contributed by atoms with Crippen LogP contribution in [0.3, 0.4) is 0 Å². The molecule has 0 saturated carbocycles. The van der Waals surface area contributed by atoms with Crippen molar-refractivity contribution in [2.75, 3.05) is 0 Å². The molecule has 8 heteroatoms. The molecule has 0 radical (unpaired) electrons. The van der Waals surface area contributed by atoms with Crippen molar-refractivity contribution in [2.24, 2.45) is 0 Å². The molecule has 0 saturated heterocycles. The van der Waals surface area contributed by atoms with Gasteiger partial charge in [0.1, 0.15) is 11.5 Å². The monoisotopic (exact) mass is 558 g/mol. The van der Waals surface area contributed by atoms with Gasteiger partial charge in [0.05, 0.1) is 16.7 Å². The molecule has 0 fully saturated rings. The minimum Gasteiger partial charge on any atom is -0.507 e. The average molecular weight is 559 g/mol. The van der Waals surface area contributed by atoms with Gasteiger partial charge in [-0.05, 0) is 41.5 Å². The number of carboxylic acid groups (broad SMARTS) is 2. The second-order valence-electron chi connectivity index (χ2n) is 9.79. The highest BCUT2D eigenvalue weighted by Gasteiger charge is 2.51. The van der Waals surface area contributed by atoms with Gasteiger partial charge in [-0.2, -0.15) is 0 Å². The number of hydrogen-bond donors (Lipinski definition) is 4. The molecule has 6 rings (SSSR count). The SMILES string of the molecule is O=C(O)c1ccc2c(c1C(=O)O)C(=O)OC2(c1ccc(O)c(-c2ccccc2)c1)c1ccc(O)c(-c2ccccc2)c1. The van der Waals surface area contributed by atoms with Gasteiger partial charge >= 0.3 is 17.9 Å². The number of phenolic OH excluding ortho intramolecular Hbond substituents is 2. The smallest absolute Gasteiger partial charge is 0.341 e. The van der Waals surface area contributed by atoms with Gasteiger partial charge in [0, 0.05) is 27.8 Å². The van der Waals surface area contributed by atoms with Crippen LogP contribution in [0.1, 0.15) is 47.8 Å². The van der Waals surface area contributed by atoms with E-state index in [1.165, 1.54) is 18.2 Å². The molecule has 5 aromatic rings. The molecule has 0 aromatic heterocycles. The summed E-state index contributed by atoms with van der Waals surface area (Å²) in [6.45, 7) is 0. The topological polar surface area (TPSA) is 141 Å². The maximum Gasteiger partial charge on any atom is 0.341 e. The normalized spacial score (nSPS) is 13.3. The quantitative estimate of drug-likeness (QED) is 0.178. The van der Waals surface area contributed by atoms with Crippen LogP contribution in [0.2, 0.25) is 0 Å². The van der Waals surface area contributed by atoms with Crippen LogP contribution in [-0.4, -0.2) is 38.3 Å². The largest absolute Gasteiger partial charge is 0.507 e. The van der Waals surface area contributed by atoms with Crippen molar-refractivity contribution in [3.8, 4) is 33.8 Å². The standard InChI is InChI=1S/C34H22O8/c35-27-15-11-21(17-24(27)19-7-3-1-4-8-19)34(22-12-16-28(36)25(18-22)20-9-5-2-6-10-20)26-14-13-23(31(37)38)29(32(39)40)30(26)33(41)42-34/h1-18,35-36H,(H,37,38)(H,39,40). The number of esters is 1. The molecule has 8 nitrogen and oxygen atoms in total. The Balaban J connectivity index is 1.70. The second-order valence-corrected chi connectivity index (χ2v) is 9.79. The van der Waals surface area contributed by atoms with Crippen LogP contribution in [0.5, 0.6) is 11.5 Å². The lowest BCUT2D eigenvalue weighted by Crippen LogP contribution is -2.29. The number of hydrogen-bond acceptors (Lipinski definition) is 6. The predicted molar refractivity (Wildman–Crippen MR) is 153 cm³/mol. The summed E-state index contributed by atoms with van der Waals surface area (Å²) in [7, 11) is 0. The van der Waals surface area contributed by atoms with E-state index in [-0.39, 0.29) is 22.6 Å². The third-order valence-corrected chi connectivity index (χ3v) is 7.45. The van der Waals surface area contributed by atoms with Crippen molar-refractivity contribution in [3.05, 3.63) is 143 Å². The first-order chi connectivity index (χ1) is 20.2. The maximum atomic E-state index is 13.6. The number of carbonyl (C=O) groups excluding carboxylic acids is 1. The van der Waals surface area contributed by atoms with Gasteiger partial charge in [0.2, 0.25) is 0 Å². The van der Waals surface area contributed by atoms with Gasteiger partial charge in [-0.15, -0.1) is 0 Å². The number of aromatic carboxylic acids is 2. The number of ether oxygens (including phenoxy) is 1. The van der Waals surface area contributed by atoms with E-state index in [1.807, 2.05) is 12.1 Å². The first kappa shape index (κ1) is 26.3. The minimum absolute atomic E-state index is 0.0345. The van der Waals surface area contributed by atoms with Crippen LogP contribution < -0.4 is 0 Å². The van der Waals surface area contributed by atoms with Crippen molar-refractivity contribution in [3.63, 3.8) is 0 Å². The first-order valence-corrected chi connectivity index (χ1v) is 12.9. The van der Waals surface area contributed by atoms with Gasteiger partial charge < -0.3 is 25.2 Å². The predicted octanol–water partition coefficient (Wildman–Crippen LogP) is 6.29. The molecule has 0 spiro atoms. The van der Waals surface area contributed by atoms with E-state index in [0.717, 1.165) is 6.07 Å². The van der Waals surface area contributed by atoms with Crippen LogP contribution in [0.25, 0.3) is 22.3 Å². The molecule has 1 heterocycles. The fourth-order valence-corrected chi connectivity index (χ4v) is 5.56. The molecule has 0 aliphatic carbocycles. The highest BCUT2D eigenvalue weighted by molar-refractivity contribution is 6.12. The summed E-state index contributed by atoms with van der Waals surface area (Å²) in [4.78, 5) is 37.9. The summed E-state index contributed by atoms with van der Waals surface area (Å²) >= 11 is 0. The zero-order valence-electron chi connectivity index (χ0n) is 21.8. The molecule has 42 heavy (non-hydrogen) atoms. The third-order valence-electron chi connectivity index (χ3n) is 7.45. The lowest BCUT2D eigenvalue weighted by molar-refractivity contribution is 0.0249. The zero-order valence-corrected chi connectivity index (χ0v) is 21.8. The average Bonchev–Trinajstić information content (AvgIpc) is 3.30. The summed E-state index contributed by atoms with van der Waals surface area (Å²) in [5, 5.41) is 41.3. The molecule has 0 amide bonds. The number of benzene rings is 5. The number of rotatable bonds is 6. The number of aromatic hydroxyl groups is 2. The second kappa shape index (κ2) is 9.94. The van der Waals surface area contributed by atoms with Crippen molar-refractivity contribution < 1.29 is 39.5 Å². The summed E-state index contributed by atoms with van der Waals surface area (Å²) in [6.07, 6.45) is 0. The van der Waals surface area contributed by atoms with E-state index in [2.05, 4.69) is 0 Å². The van der Waals surface area contributed by atoms with Crippen LogP contribution in [0.15, 0.2) is 109 Å². The molecule has 0 atom stereocenters. The fourth-order valence-electron chi connectivity index (χ4n) is 5.56. The molecular weight excluding hydrogens is 536 g/mol. The number of carbonyl (C=O) groups is 3. The van der Waals surface area contributed by atoms with E-state index in [4.69, 9.17) is 4.74 Å². The van der Waals surface area contributed by atoms with Gasteiger partial charge in [-0.1, -0.05) is 78.9 Å². The minimum atomic E-state index is -1.76. The first-order valence-electron chi connectivity index (χ1n) is 12.9. The summed E-state index contributed by atoms with van der Waals surface area (Å²) < 4.78 is 6.12. The Hall–Kier alpha value is -5.89. The zero-order chi connectivity index (χ0) is 29.6. The Morgan fingerprint density at radius 3 is 1.57 bits per heavy atom. The molecule has 1 aliphatic heterocycles. The van der Waals surface area contributed by atoms with E-state index in [0.29, 0.717) is 33.4 Å². The van der Waals surface area contributed by atoms with Crippen LogP contribution in [0, 0.1) is 0 Å². The van der Waals surface area contributed by atoms with Crippen LogP contribution >= 0.6 is 0 Å². The van der Waals surface area contributed by atoms with Gasteiger partial charge in [0.25, 0.3) is 0 Å². The molecular formula is C34H22O8. The van der Waals surface area contributed by atoms with Crippen LogP contribution in [-0.2, 0) is 10.3 Å². The summed E-state index contributed by atoms with van der Waals surface area (Å²) in [5.41, 5.74) is -0.307. The number of carboxylic acids is 2. The van der Waals surface area contributed by atoms with Gasteiger partial charge in [-0.3, -0.25) is 0 Å². The summed E-state index contributed by atoms with van der Waals surface area (Å²) in [5.74, 6) is -4.19. The van der Waals surface area contributed by atoms with Crippen LogP contribution in [0.4, 0.5) is 0 Å². The Morgan fingerprint density at radius 2 is 1.12 bits per heavy atom. The van der Waals surface area contributed by atoms with Crippen molar-refractivity contribution in [2.45, 2.75) is 5.60 Å². The van der Waals surface area contributed by atoms with Gasteiger partial charge in [-0.25, -0.2) is 14.4 Å². The molecule has 1 aliphatic rings. The van der Waals surface area contributed by atoms with E-state index in [1.54, 1.807) is 72.8 Å². The molecule has 4 N–H and O–H groups in total. The molecule has 0 unspecified atom stereocenters. The van der Waals surface area contributed by atoms with E-state index < -0.39 is 34.6 Å². The van der Waals surface area contributed by atoms with Crippen molar-refractivity contribution in [1.29, 1.82) is 0 Å². The van der Waals surface area contributed by atoms with Crippen molar-refractivity contribution >= 4 is 17.9 Å². The van der Waals surface area contributed by atoms with E-state index >= 15 is 0 Å². The highest BCUT2D eigenvalue weighted by atomic mass is 16.6. The Bertz CT molecular complexity index is 1810. The lowest BCUT2D eigenvalue weighted by atomic mass is 9.77. The lowest BCUT2D eigenvalue weighted by Gasteiger charge is -2.31. The van der Waals surface area contributed by atoms with E-state index in [9.17, 15) is 34.8 Å². The Morgan fingerprint density at radius 1 is 0.619 bits per heavy atom. The fraction of sp³-hybridized carbons (Fsp3) is 0.0294. The molecule has 0 bridgehead atoms. The van der Waals surface area contributed by atoms with Crippen molar-refractivity contribution in [1.82, 2.24) is 0 Å². The Labute approximate surface area is 239 Å². The number of cyclic esters (lactones) is 1. The summed E-state index contributed by atoms with van der Waals surface area (Å²) in [6, 6.07) is 29.9. The number of fused-ring (bicyclic) bond motifs is 1. The van der Waals surface area contributed by atoms with Gasteiger partial charge in [0.15, 0.2) is 5.60 Å². The molecule has 206 valence electrons. The Kier molecular flexibility index (Phi) is 6.23. The highest BCUT2D eigenvalue weighted by Crippen LogP contribution is 2.51. The third kappa shape index (κ3) is 4.05.